The zero-order valence-electron chi connectivity index (χ0n) is 10.9. The zero-order chi connectivity index (χ0) is 15.0. The number of anilines is 1. The number of benzene rings is 1. The fourth-order valence-corrected chi connectivity index (χ4v) is 2.77. The summed E-state index contributed by atoms with van der Waals surface area (Å²) >= 11 is 0. The van der Waals surface area contributed by atoms with Gasteiger partial charge in [-0.1, -0.05) is 5.10 Å². The molecule has 3 rings (SSSR count). The highest BCUT2D eigenvalue weighted by Gasteiger charge is 2.33. The lowest BCUT2D eigenvalue weighted by molar-refractivity contribution is -0.388. The van der Waals surface area contributed by atoms with Gasteiger partial charge in [-0.2, -0.15) is 0 Å². The van der Waals surface area contributed by atoms with Crippen molar-refractivity contribution in [1.82, 2.24) is 10.2 Å². The molecule has 1 aromatic heterocycles. The molecule has 110 valence electrons. The molecule has 2 aromatic rings. The third-order valence-corrected chi connectivity index (χ3v) is 3.66. The van der Waals surface area contributed by atoms with Gasteiger partial charge in [0.05, 0.1) is 6.04 Å². The molecule has 0 aliphatic carbocycles. The number of nitro groups is 1. The molecule has 0 bridgehead atoms. The Bertz CT molecular complexity index is 689. The SMILES string of the molecule is O=[N+]([O-])c1[nH]ncc1N1CCCC1c1cc(F)ccc1F. The second-order valence-corrected chi connectivity index (χ2v) is 4.88. The van der Waals surface area contributed by atoms with Crippen molar-refractivity contribution in [2.75, 3.05) is 11.4 Å². The first-order chi connectivity index (χ1) is 10.1. The maximum Gasteiger partial charge on any atom is 0.366 e. The van der Waals surface area contributed by atoms with Gasteiger partial charge in [0.15, 0.2) is 5.69 Å². The van der Waals surface area contributed by atoms with Crippen LogP contribution in [0.25, 0.3) is 0 Å². The van der Waals surface area contributed by atoms with Crippen molar-refractivity contribution in [3.8, 4) is 0 Å². The summed E-state index contributed by atoms with van der Waals surface area (Å²) in [5.74, 6) is -1.28. The Kier molecular flexibility index (Phi) is 3.28. The first-order valence-corrected chi connectivity index (χ1v) is 6.47. The second-order valence-electron chi connectivity index (χ2n) is 4.88. The predicted molar refractivity (Wildman–Crippen MR) is 70.9 cm³/mol. The molecule has 0 amide bonds. The molecule has 6 nitrogen and oxygen atoms in total. The Balaban J connectivity index is 2.01. The molecular weight excluding hydrogens is 282 g/mol. The summed E-state index contributed by atoms with van der Waals surface area (Å²) < 4.78 is 27.3. The fourth-order valence-electron chi connectivity index (χ4n) is 2.77. The van der Waals surface area contributed by atoms with Crippen LogP contribution in [0.1, 0.15) is 24.4 Å². The van der Waals surface area contributed by atoms with E-state index in [2.05, 4.69) is 10.2 Å². The standard InChI is InChI=1S/C13H12F2N4O2/c14-8-3-4-10(15)9(6-8)11-2-1-5-18(11)12-7-16-17-13(12)19(20)21/h3-4,6-7,11H,1-2,5H2,(H,16,17). The lowest BCUT2D eigenvalue weighted by Gasteiger charge is -2.25. The number of nitrogens with one attached hydrogen (secondary N) is 1. The maximum atomic E-state index is 13.9. The van der Waals surface area contributed by atoms with Gasteiger partial charge >= 0.3 is 5.82 Å². The van der Waals surface area contributed by atoms with Gasteiger partial charge in [-0.25, -0.2) is 8.78 Å². The predicted octanol–water partition coefficient (Wildman–Crippen LogP) is 2.94. The highest BCUT2D eigenvalue weighted by atomic mass is 19.1. The van der Waals surface area contributed by atoms with E-state index in [1.165, 1.54) is 6.20 Å². The first kappa shape index (κ1) is 13.5. The van der Waals surface area contributed by atoms with Crippen molar-refractivity contribution < 1.29 is 13.7 Å². The minimum Gasteiger partial charge on any atom is -0.358 e. The van der Waals surface area contributed by atoms with Gasteiger partial charge in [-0.05, 0) is 36.0 Å². The van der Waals surface area contributed by atoms with Crippen LogP contribution in [0.5, 0.6) is 0 Å². The van der Waals surface area contributed by atoms with Crippen LogP contribution in [0.2, 0.25) is 0 Å². The first-order valence-electron chi connectivity index (χ1n) is 6.47. The number of aromatic nitrogens is 2. The lowest BCUT2D eigenvalue weighted by Crippen LogP contribution is -2.23. The Morgan fingerprint density at radius 3 is 3.00 bits per heavy atom. The largest absolute Gasteiger partial charge is 0.366 e. The molecule has 1 aliphatic rings. The van der Waals surface area contributed by atoms with Gasteiger partial charge in [-0.15, -0.1) is 5.10 Å². The van der Waals surface area contributed by atoms with E-state index < -0.39 is 22.6 Å². The average Bonchev–Trinajstić information content (AvgIpc) is 3.08. The van der Waals surface area contributed by atoms with Crippen LogP contribution in [-0.4, -0.2) is 21.7 Å². The van der Waals surface area contributed by atoms with E-state index in [1.54, 1.807) is 4.90 Å². The van der Waals surface area contributed by atoms with E-state index in [0.29, 0.717) is 18.7 Å². The van der Waals surface area contributed by atoms with Crippen molar-refractivity contribution in [2.45, 2.75) is 18.9 Å². The van der Waals surface area contributed by atoms with Crippen LogP contribution in [0.4, 0.5) is 20.3 Å². The smallest absolute Gasteiger partial charge is 0.358 e. The van der Waals surface area contributed by atoms with E-state index in [1.807, 2.05) is 0 Å². The molecule has 1 N–H and O–H groups in total. The number of H-pyrrole nitrogens is 1. The quantitative estimate of drug-likeness (QED) is 0.697. The summed E-state index contributed by atoms with van der Waals surface area (Å²) in [6, 6.07) is 2.84. The minimum atomic E-state index is -0.570. The summed E-state index contributed by atoms with van der Waals surface area (Å²) in [6.45, 7) is 0.529. The van der Waals surface area contributed by atoms with Crippen LogP contribution in [0.15, 0.2) is 24.4 Å². The van der Waals surface area contributed by atoms with E-state index in [0.717, 1.165) is 24.6 Å². The topological polar surface area (TPSA) is 75.1 Å². The van der Waals surface area contributed by atoms with Gasteiger partial charge in [0, 0.05) is 12.1 Å². The lowest BCUT2D eigenvalue weighted by atomic mass is 10.0. The number of rotatable bonds is 3. The van der Waals surface area contributed by atoms with Crippen LogP contribution < -0.4 is 4.90 Å². The van der Waals surface area contributed by atoms with Crippen LogP contribution >= 0.6 is 0 Å². The highest BCUT2D eigenvalue weighted by molar-refractivity contribution is 5.60. The number of hydrogen-bond donors (Lipinski definition) is 1. The van der Waals surface area contributed by atoms with Crippen LogP contribution in [-0.2, 0) is 0 Å². The number of aromatic amines is 1. The highest BCUT2D eigenvalue weighted by Crippen LogP contribution is 2.40. The molecule has 1 saturated heterocycles. The van der Waals surface area contributed by atoms with Crippen LogP contribution in [0, 0.1) is 21.7 Å². The summed E-state index contributed by atoms with van der Waals surface area (Å²) in [5.41, 5.74) is 0.508. The Labute approximate surface area is 118 Å². The third kappa shape index (κ3) is 2.32. The summed E-state index contributed by atoms with van der Waals surface area (Å²) in [7, 11) is 0. The van der Waals surface area contributed by atoms with Crippen molar-refractivity contribution >= 4 is 11.5 Å². The van der Waals surface area contributed by atoms with Gasteiger partial charge in [0.2, 0.25) is 0 Å². The monoisotopic (exact) mass is 294 g/mol. The minimum absolute atomic E-state index is 0.211. The van der Waals surface area contributed by atoms with E-state index in [9.17, 15) is 18.9 Å². The fraction of sp³-hybridized carbons (Fsp3) is 0.308. The third-order valence-electron chi connectivity index (χ3n) is 3.66. The maximum absolute atomic E-state index is 13.9. The Hall–Kier alpha value is -2.51. The molecular formula is C13H12F2N4O2. The Morgan fingerprint density at radius 1 is 1.43 bits per heavy atom. The van der Waals surface area contributed by atoms with Gasteiger partial charge < -0.3 is 15.0 Å². The number of halogens is 2. The molecule has 0 spiro atoms. The zero-order valence-corrected chi connectivity index (χ0v) is 10.9. The van der Waals surface area contributed by atoms with Crippen LogP contribution in [0.3, 0.4) is 0 Å². The molecule has 1 atom stereocenters. The second kappa shape index (κ2) is 5.12. The molecule has 0 saturated carbocycles. The summed E-state index contributed by atoms with van der Waals surface area (Å²) in [6.07, 6.45) is 2.68. The van der Waals surface area contributed by atoms with Gasteiger partial charge in [0.1, 0.15) is 17.8 Å². The number of nitrogens with zero attached hydrogens (tertiary/aromatic N) is 3. The van der Waals surface area contributed by atoms with E-state index in [-0.39, 0.29) is 11.4 Å². The summed E-state index contributed by atoms with van der Waals surface area (Å²) in [4.78, 5) is 12.1. The molecule has 0 radical (unpaired) electrons. The molecule has 1 fully saturated rings. The van der Waals surface area contributed by atoms with E-state index in [4.69, 9.17) is 0 Å². The van der Waals surface area contributed by atoms with Crippen molar-refractivity contribution in [3.63, 3.8) is 0 Å². The van der Waals surface area contributed by atoms with Gasteiger partial charge in [-0.3, -0.25) is 0 Å². The molecule has 1 unspecified atom stereocenters. The molecule has 2 heterocycles. The molecule has 1 aromatic carbocycles. The molecule has 8 heteroatoms. The van der Waals surface area contributed by atoms with Crippen molar-refractivity contribution in [3.05, 3.63) is 51.7 Å². The van der Waals surface area contributed by atoms with Crippen molar-refractivity contribution in [1.29, 1.82) is 0 Å². The van der Waals surface area contributed by atoms with Gasteiger partial charge in [0.25, 0.3) is 0 Å². The van der Waals surface area contributed by atoms with E-state index >= 15 is 0 Å². The average molecular weight is 294 g/mol. The Morgan fingerprint density at radius 2 is 2.24 bits per heavy atom. The van der Waals surface area contributed by atoms with Crippen molar-refractivity contribution in [2.24, 2.45) is 0 Å². The molecule has 21 heavy (non-hydrogen) atoms. The summed E-state index contributed by atoms with van der Waals surface area (Å²) in [5, 5.41) is 17.0. The molecule has 1 aliphatic heterocycles. The normalized spacial score (nSPS) is 18.2. The number of hydrogen-bond acceptors (Lipinski definition) is 4.